The van der Waals surface area contributed by atoms with E-state index >= 15 is 0 Å². The first-order valence-corrected chi connectivity index (χ1v) is 13.7. The molecule has 1 unspecified atom stereocenters. The van der Waals surface area contributed by atoms with Gasteiger partial charge in [0.15, 0.2) is 0 Å². The maximum atomic E-state index is 12.3. The van der Waals surface area contributed by atoms with Crippen LogP contribution in [0.5, 0.6) is 5.75 Å². The number of amides is 1. The Kier molecular flexibility index (Phi) is 10.8. The molecule has 0 saturated heterocycles. The van der Waals surface area contributed by atoms with Crippen molar-refractivity contribution in [3.8, 4) is 16.9 Å². The van der Waals surface area contributed by atoms with Crippen molar-refractivity contribution >= 4 is 34.8 Å². The fourth-order valence-corrected chi connectivity index (χ4v) is 5.38. The molecule has 2 aromatic carbocycles. The summed E-state index contributed by atoms with van der Waals surface area (Å²) in [6.07, 6.45) is -0.490. The molecule has 0 saturated carbocycles. The third-order valence-electron chi connectivity index (χ3n) is 5.79. The maximum Gasteiger partial charge on any atom is 0.305 e. The Morgan fingerprint density at radius 2 is 1.62 bits per heavy atom. The number of carboxylic acids is 1. The van der Waals surface area contributed by atoms with Gasteiger partial charge in [-0.25, -0.2) is 0 Å². The first-order chi connectivity index (χ1) is 17.4. The van der Waals surface area contributed by atoms with E-state index in [0.717, 1.165) is 21.8 Å². The third-order valence-corrected chi connectivity index (χ3v) is 7.51. The van der Waals surface area contributed by atoms with Crippen LogP contribution in [0.15, 0.2) is 42.5 Å². The molecule has 7 heteroatoms. The lowest BCUT2D eigenvalue weighted by atomic mass is 9.85. The van der Waals surface area contributed by atoms with Crippen LogP contribution in [0.25, 0.3) is 11.1 Å². The van der Waals surface area contributed by atoms with Crippen LogP contribution in [0, 0.1) is 13.8 Å². The van der Waals surface area contributed by atoms with E-state index in [1.165, 1.54) is 28.0 Å². The van der Waals surface area contributed by atoms with E-state index in [1.807, 2.05) is 32.9 Å². The fraction of sp³-hybridized carbons (Fsp3) is 0.400. The number of ether oxygens (including phenoxy) is 1. The normalized spacial score (nSPS) is 11.8. The molecule has 2 N–H and O–H groups in total. The molecule has 0 bridgehead atoms. The number of carbonyl (C=O) groups excluding carboxylic acids is 1. The van der Waals surface area contributed by atoms with Crippen molar-refractivity contribution in [2.24, 2.45) is 0 Å². The predicted octanol–water partition coefficient (Wildman–Crippen LogP) is 8.35. The van der Waals surface area contributed by atoms with Crippen molar-refractivity contribution in [3.05, 3.63) is 73.9 Å². The largest absolute Gasteiger partial charge is 0.485 e. The summed E-state index contributed by atoms with van der Waals surface area (Å²) >= 11 is 7.65. The van der Waals surface area contributed by atoms with E-state index in [9.17, 15) is 9.59 Å². The zero-order valence-corrected chi connectivity index (χ0v) is 24.6. The van der Waals surface area contributed by atoms with Crippen LogP contribution in [-0.2, 0) is 10.2 Å². The molecular weight excluding hydrogens is 506 g/mol. The molecule has 3 aromatic rings. The predicted molar refractivity (Wildman–Crippen MR) is 154 cm³/mol. The van der Waals surface area contributed by atoms with Crippen molar-refractivity contribution in [1.82, 2.24) is 5.32 Å². The summed E-state index contributed by atoms with van der Waals surface area (Å²) in [6.45, 7) is 16.7. The van der Waals surface area contributed by atoms with Crippen LogP contribution in [0.4, 0.5) is 0 Å². The average Bonchev–Trinajstić information content (AvgIpc) is 3.21. The molecule has 1 atom stereocenters. The van der Waals surface area contributed by atoms with Gasteiger partial charge in [-0.1, -0.05) is 70.5 Å². The molecule has 0 fully saturated rings. The third kappa shape index (κ3) is 8.08. The number of hydrogen-bond acceptors (Lipinski definition) is 4. The second kappa shape index (κ2) is 13.1. The van der Waals surface area contributed by atoms with Gasteiger partial charge in [0, 0.05) is 6.54 Å². The van der Waals surface area contributed by atoms with E-state index in [4.69, 9.17) is 21.4 Å². The van der Waals surface area contributed by atoms with Gasteiger partial charge in [0.25, 0.3) is 5.91 Å². The summed E-state index contributed by atoms with van der Waals surface area (Å²) in [4.78, 5) is 24.1. The number of thiophene rings is 1. The van der Waals surface area contributed by atoms with Crippen molar-refractivity contribution in [1.29, 1.82) is 0 Å². The van der Waals surface area contributed by atoms with Gasteiger partial charge in [-0.2, -0.15) is 0 Å². The lowest BCUT2D eigenvalue weighted by molar-refractivity contribution is -0.136. The number of benzene rings is 2. The number of carboxylic acid groups (broad SMARTS) is 1. The minimum absolute atomic E-state index is 0.0644. The second-order valence-corrected chi connectivity index (χ2v) is 11.2. The molecule has 1 heterocycles. The monoisotopic (exact) mass is 543 g/mol. The van der Waals surface area contributed by atoms with Crippen LogP contribution in [0.3, 0.4) is 0 Å². The Balaban J connectivity index is 0.00000235. The van der Waals surface area contributed by atoms with Crippen molar-refractivity contribution < 1.29 is 19.4 Å². The van der Waals surface area contributed by atoms with Gasteiger partial charge >= 0.3 is 5.97 Å². The Morgan fingerprint density at radius 1 is 1.05 bits per heavy atom. The van der Waals surface area contributed by atoms with E-state index in [2.05, 4.69) is 64.2 Å². The van der Waals surface area contributed by atoms with Gasteiger partial charge in [-0.3, -0.25) is 9.59 Å². The Morgan fingerprint density at radius 3 is 2.14 bits per heavy atom. The number of rotatable bonds is 8. The Hall–Kier alpha value is -2.83. The SMILES string of the molecule is CC.Cc1cc(OC(C)c2sc(C(=O)NCCC(=O)O)cc2Cl)cc(C)c1-c1ccc(C(C)(C)C)cc1. The number of hydrogen-bond donors (Lipinski definition) is 2. The first-order valence-electron chi connectivity index (χ1n) is 12.5. The number of carbonyl (C=O) groups is 2. The summed E-state index contributed by atoms with van der Waals surface area (Å²) in [5, 5.41) is 11.8. The maximum absolute atomic E-state index is 12.3. The van der Waals surface area contributed by atoms with Gasteiger partial charge < -0.3 is 15.2 Å². The molecule has 1 amide bonds. The number of aryl methyl sites for hydroxylation is 2. The van der Waals surface area contributed by atoms with Crippen molar-refractivity contribution in [3.63, 3.8) is 0 Å². The summed E-state index contributed by atoms with van der Waals surface area (Å²) in [7, 11) is 0. The van der Waals surface area contributed by atoms with E-state index in [0.29, 0.717) is 9.90 Å². The molecule has 5 nitrogen and oxygen atoms in total. The molecule has 0 aliphatic heterocycles. The van der Waals surface area contributed by atoms with E-state index in [-0.39, 0.29) is 30.4 Å². The zero-order chi connectivity index (χ0) is 27.9. The minimum Gasteiger partial charge on any atom is -0.485 e. The highest BCUT2D eigenvalue weighted by Crippen LogP contribution is 2.37. The highest BCUT2D eigenvalue weighted by atomic mass is 35.5. The lowest BCUT2D eigenvalue weighted by Crippen LogP contribution is -2.25. The van der Waals surface area contributed by atoms with Gasteiger partial charge in [-0.15, -0.1) is 11.3 Å². The molecule has 200 valence electrons. The number of halogens is 1. The molecule has 37 heavy (non-hydrogen) atoms. The van der Waals surface area contributed by atoms with Crippen LogP contribution in [0.2, 0.25) is 5.02 Å². The van der Waals surface area contributed by atoms with Crippen LogP contribution >= 0.6 is 22.9 Å². The highest BCUT2D eigenvalue weighted by molar-refractivity contribution is 7.14. The first kappa shape index (κ1) is 30.4. The molecule has 0 radical (unpaired) electrons. The van der Waals surface area contributed by atoms with Gasteiger partial charge in [0.2, 0.25) is 0 Å². The van der Waals surface area contributed by atoms with Crippen LogP contribution in [0.1, 0.15) is 85.3 Å². The summed E-state index contributed by atoms with van der Waals surface area (Å²) in [5.41, 5.74) is 6.01. The second-order valence-electron chi connectivity index (χ2n) is 9.74. The standard InChI is InChI=1S/C28H32ClNO4S.C2H6/c1-16-13-21(14-17(2)25(16)19-7-9-20(10-8-19)28(4,5)6)34-18(3)26-22(29)15-23(35-26)27(33)30-12-11-24(31)32;1-2/h7-10,13-15,18H,11-12H2,1-6H3,(H,30,33)(H,31,32);1-2H3. The van der Waals surface area contributed by atoms with Gasteiger partial charge in [-0.05, 0) is 72.2 Å². The topological polar surface area (TPSA) is 75.6 Å². The smallest absolute Gasteiger partial charge is 0.305 e. The van der Waals surface area contributed by atoms with E-state index < -0.39 is 5.97 Å². The van der Waals surface area contributed by atoms with Crippen LogP contribution in [-0.4, -0.2) is 23.5 Å². The quantitative estimate of drug-likeness (QED) is 0.299. The van der Waals surface area contributed by atoms with E-state index in [1.54, 1.807) is 6.07 Å². The molecule has 1 aromatic heterocycles. The summed E-state index contributed by atoms with van der Waals surface area (Å²) < 4.78 is 6.22. The van der Waals surface area contributed by atoms with Crippen molar-refractivity contribution in [2.75, 3.05) is 6.54 Å². The molecule has 0 aliphatic carbocycles. The van der Waals surface area contributed by atoms with Crippen LogP contribution < -0.4 is 10.1 Å². The molecule has 0 spiro atoms. The average molecular weight is 544 g/mol. The number of aliphatic carboxylic acids is 1. The Bertz CT molecular complexity index is 1200. The number of nitrogens with one attached hydrogen (secondary N) is 1. The highest BCUT2D eigenvalue weighted by Gasteiger charge is 2.20. The molecule has 0 aliphatic rings. The summed E-state index contributed by atoms with van der Waals surface area (Å²) in [5.74, 6) is -0.569. The summed E-state index contributed by atoms with van der Waals surface area (Å²) in [6, 6.07) is 14.4. The van der Waals surface area contributed by atoms with Gasteiger partial charge in [0.05, 0.1) is 21.2 Å². The molecular formula is C30H38ClNO4S. The Labute approximate surface area is 229 Å². The van der Waals surface area contributed by atoms with Crippen molar-refractivity contribution in [2.45, 2.75) is 73.3 Å². The fourth-order valence-electron chi connectivity index (χ4n) is 3.98. The lowest BCUT2D eigenvalue weighted by Gasteiger charge is -2.20. The van der Waals surface area contributed by atoms with Gasteiger partial charge in [0.1, 0.15) is 11.9 Å². The molecule has 3 rings (SSSR count). The minimum atomic E-state index is -0.962. The zero-order valence-electron chi connectivity index (χ0n) is 23.0.